The van der Waals surface area contributed by atoms with E-state index in [0.29, 0.717) is 23.6 Å². The van der Waals surface area contributed by atoms with Gasteiger partial charge >= 0.3 is 0 Å². The predicted octanol–water partition coefficient (Wildman–Crippen LogP) is 2.86. The highest BCUT2D eigenvalue weighted by Crippen LogP contribution is 2.19. The molecule has 0 unspecified atom stereocenters. The van der Waals surface area contributed by atoms with Gasteiger partial charge in [0, 0.05) is 24.4 Å². The Hall–Kier alpha value is -2.23. The Bertz CT molecular complexity index is 495. The minimum atomic E-state index is 0.121. The highest BCUT2D eigenvalue weighted by Gasteiger charge is 2.03. The van der Waals surface area contributed by atoms with Crippen molar-refractivity contribution in [2.45, 2.75) is 13.3 Å². The van der Waals surface area contributed by atoms with Crippen LogP contribution in [-0.4, -0.2) is 15.8 Å². The zero-order chi connectivity index (χ0) is 12.1. The molecule has 2 aromatic rings. The Labute approximate surface area is 99.3 Å². The Kier molecular flexibility index (Phi) is 3.45. The number of carbonyl (C=O) groups is 1. The van der Waals surface area contributed by atoms with Crippen molar-refractivity contribution in [3.05, 3.63) is 48.4 Å². The maximum atomic E-state index is 11.4. The van der Waals surface area contributed by atoms with Crippen LogP contribution in [0.2, 0.25) is 0 Å². The average Bonchev–Trinajstić information content (AvgIpc) is 2.40. The van der Waals surface area contributed by atoms with Gasteiger partial charge in [-0.25, -0.2) is 4.98 Å². The minimum Gasteiger partial charge on any atom is -0.438 e. The van der Waals surface area contributed by atoms with E-state index >= 15 is 0 Å². The molecule has 0 amide bonds. The van der Waals surface area contributed by atoms with E-state index in [-0.39, 0.29) is 5.78 Å². The molecule has 0 atom stereocenters. The van der Waals surface area contributed by atoms with Crippen molar-refractivity contribution in [1.82, 2.24) is 9.97 Å². The Morgan fingerprint density at radius 3 is 2.59 bits per heavy atom. The molecule has 0 bridgehead atoms. The third-order valence-corrected chi connectivity index (χ3v) is 2.26. The molecular formula is C13H12N2O2. The van der Waals surface area contributed by atoms with E-state index < -0.39 is 0 Å². The van der Waals surface area contributed by atoms with Crippen molar-refractivity contribution in [2.75, 3.05) is 0 Å². The molecule has 0 aliphatic rings. The van der Waals surface area contributed by atoms with Gasteiger partial charge < -0.3 is 4.74 Å². The highest BCUT2D eigenvalue weighted by molar-refractivity contribution is 5.95. The first-order valence-corrected chi connectivity index (χ1v) is 5.36. The van der Waals surface area contributed by atoms with Crippen LogP contribution in [0.25, 0.3) is 0 Å². The fraction of sp³-hybridized carbons (Fsp3) is 0.154. The van der Waals surface area contributed by atoms with Gasteiger partial charge in [-0.1, -0.05) is 6.92 Å². The first kappa shape index (κ1) is 11.3. The minimum absolute atomic E-state index is 0.121. The van der Waals surface area contributed by atoms with Gasteiger partial charge in [-0.2, -0.15) is 0 Å². The van der Waals surface area contributed by atoms with Gasteiger partial charge in [-0.15, -0.1) is 0 Å². The van der Waals surface area contributed by atoms with E-state index in [4.69, 9.17) is 4.74 Å². The van der Waals surface area contributed by atoms with Gasteiger partial charge in [-0.3, -0.25) is 9.78 Å². The fourth-order valence-corrected chi connectivity index (χ4v) is 1.37. The lowest BCUT2D eigenvalue weighted by atomic mass is 10.1. The van der Waals surface area contributed by atoms with Crippen LogP contribution >= 0.6 is 0 Å². The van der Waals surface area contributed by atoms with E-state index in [1.807, 2.05) is 6.92 Å². The Balaban J connectivity index is 2.11. The molecule has 17 heavy (non-hydrogen) atoms. The summed E-state index contributed by atoms with van der Waals surface area (Å²) in [6.45, 7) is 1.84. The number of ketones is 1. The molecule has 1 aromatic carbocycles. The van der Waals surface area contributed by atoms with Crippen molar-refractivity contribution >= 4 is 5.78 Å². The van der Waals surface area contributed by atoms with Crippen molar-refractivity contribution < 1.29 is 9.53 Å². The molecule has 4 heteroatoms. The molecular weight excluding hydrogens is 216 g/mol. The van der Waals surface area contributed by atoms with Crippen molar-refractivity contribution in [3.8, 4) is 11.6 Å². The normalized spacial score (nSPS) is 9.94. The predicted molar refractivity (Wildman–Crippen MR) is 63.2 cm³/mol. The number of nitrogens with zero attached hydrogens (tertiary/aromatic N) is 2. The van der Waals surface area contributed by atoms with E-state index in [0.717, 1.165) is 0 Å². The number of benzene rings is 1. The van der Waals surface area contributed by atoms with Gasteiger partial charge in [0.15, 0.2) is 5.78 Å². The lowest BCUT2D eigenvalue weighted by molar-refractivity contribution is 0.0988. The molecule has 0 aliphatic carbocycles. The molecule has 0 saturated heterocycles. The van der Waals surface area contributed by atoms with E-state index in [1.165, 1.54) is 6.20 Å². The summed E-state index contributed by atoms with van der Waals surface area (Å²) < 4.78 is 5.46. The van der Waals surface area contributed by atoms with Crippen LogP contribution in [-0.2, 0) is 0 Å². The molecule has 1 aromatic heterocycles. The number of Topliss-reactive ketones (excluding diaryl/α,β-unsaturated/α-hetero) is 1. The number of hydrogen-bond donors (Lipinski definition) is 0. The number of aromatic nitrogens is 2. The van der Waals surface area contributed by atoms with Gasteiger partial charge in [0.25, 0.3) is 0 Å². The molecule has 2 rings (SSSR count). The molecule has 86 valence electrons. The van der Waals surface area contributed by atoms with Crippen LogP contribution in [0, 0.1) is 0 Å². The van der Waals surface area contributed by atoms with Crippen LogP contribution in [0.3, 0.4) is 0 Å². The molecule has 0 spiro atoms. The summed E-state index contributed by atoms with van der Waals surface area (Å²) in [6, 6.07) is 6.99. The average molecular weight is 228 g/mol. The number of carbonyl (C=O) groups excluding carboxylic acids is 1. The first-order valence-electron chi connectivity index (χ1n) is 5.36. The quantitative estimate of drug-likeness (QED) is 0.755. The van der Waals surface area contributed by atoms with Gasteiger partial charge in [0.2, 0.25) is 5.88 Å². The number of hydrogen-bond acceptors (Lipinski definition) is 4. The molecule has 0 N–H and O–H groups in total. The molecule has 0 aliphatic heterocycles. The van der Waals surface area contributed by atoms with Gasteiger partial charge in [0.1, 0.15) is 5.75 Å². The maximum absolute atomic E-state index is 11.4. The fourth-order valence-electron chi connectivity index (χ4n) is 1.37. The maximum Gasteiger partial charge on any atom is 0.237 e. The molecule has 0 saturated carbocycles. The summed E-state index contributed by atoms with van der Waals surface area (Å²) in [5.41, 5.74) is 0.694. The Morgan fingerprint density at radius 2 is 2.00 bits per heavy atom. The molecule has 0 fully saturated rings. The topological polar surface area (TPSA) is 52.1 Å². The summed E-state index contributed by atoms with van der Waals surface area (Å²) in [6.07, 6.45) is 5.18. The Morgan fingerprint density at radius 1 is 1.24 bits per heavy atom. The third-order valence-electron chi connectivity index (χ3n) is 2.26. The third kappa shape index (κ3) is 2.87. The van der Waals surface area contributed by atoms with Crippen LogP contribution in [0.15, 0.2) is 42.9 Å². The monoisotopic (exact) mass is 228 g/mol. The molecule has 0 radical (unpaired) electrons. The summed E-state index contributed by atoms with van der Waals surface area (Å²) >= 11 is 0. The van der Waals surface area contributed by atoms with E-state index in [9.17, 15) is 4.79 Å². The van der Waals surface area contributed by atoms with E-state index in [1.54, 1.807) is 36.7 Å². The highest BCUT2D eigenvalue weighted by atomic mass is 16.5. The van der Waals surface area contributed by atoms with Crippen molar-refractivity contribution in [2.24, 2.45) is 0 Å². The second kappa shape index (κ2) is 5.21. The van der Waals surface area contributed by atoms with E-state index in [2.05, 4.69) is 9.97 Å². The zero-order valence-corrected chi connectivity index (χ0v) is 9.46. The van der Waals surface area contributed by atoms with Gasteiger partial charge in [0.05, 0.1) is 6.20 Å². The second-order valence-electron chi connectivity index (χ2n) is 3.45. The van der Waals surface area contributed by atoms with Crippen molar-refractivity contribution in [1.29, 1.82) is 0 Å². The standard InChI is InChI=1S/C13H12N2O2/c1-2-12(16)10-3-5-11(6-4-10)17-13-9-14-7-8-15-13/h3-9H,2H2,1H3. The summed E-state index contributed by atoms with van der Waals surface area (Å²) in [5.74, 6) is 1.19. The molecule has 1 heterocycles. The lowest BCUT2D eigenvalue weighted by Gasteiger charge is -2.04. The summed E-state index contributed by atoms with van der Waals surface area (Å²) in [5, 5.41) is 0. The zero-order valence-electron chi connectivity index (χ0n) is 9.46. The summed E-state index contributed by atoms with van der Waals surface area (Å²) in [7, 11) is 0. The van der Waals surface area contributed by atoms with Gasteiger partial charge in [-0.05, 0) is 24.3 Å². The number of rotatable bonds is 4. The van der Waals surface area contributed by atoms with Crippen LogP contribution in [0.5, 0.6) is 11.6 Å². The number of ether oxygens (including phenoxy) is 1. The molecule has 4 nitrogen and oxygen atoms in total. The smallest absolute Gasteiger partial charge is 0.237 e. The lowest BCUT2D eigenvalue weighted by Crippen LogP contribution is -1.96. The summed E-state index contributed by atoms with van der Waals surface area (Å²) in [4.78, 5) is 19.3. The van der Waals surface area contributed by atoms with Crippen LogP contribution in [0.1, 0.15) is 23.7 Å². The SMILES string of the molecule is CCC(=O)c1ccc(Oc2cnccn2)cc1. The van der Waals surface area contributed by atoms with Crippen molar-refractivity contribution in [3.63, 3.8) is 0 Å². The largest absolute Gasteiger partial charge is 0.438 e. The van der Waals surface area contributed by atoms with Crippen LogP contribution in [0.4, 0.5) is 0 Å². The first-order chi connectivity index (χ1) is 8.29. The van der Waals surface area contributed by atoms with Crippen LogP contribution < -0.4 is 4.74 Å². The second-order valence-corrected chi connectivity index (χ2v) is 3.45.